The molecule has 1 saturated heterocycles. The Morgan fingerprint density at radius 3 is 2.68 bits per heavy atom. The SMILES string of the molecule is CC(=O)N(CCC(=O)NCC1CCCO1)c1ccc(Br)cc1. The first-order valence-corrected chi connectivity index (χ1v) is 8.27. The lowest BCUT2D eigenvalue weighted by molar-refractivity contribution is -0.121. The Balaban J connectivity index is 1.82. The molecule has 22 heavy (non-hydrogen) atoms. The number of rotatable bonds is 6. The molecule has 6 heteroatoms. The maximum atomic E-state index is 11.9. The number of halogens is 1. The molecule has 0 spiro atoms. The molecule has 1 aromatic rings. The molecule has 0 saturated carbocycles. The van der Waals surface area contributed by atoms with Gasteiger partial charge in [0, 0.05) is 43.2 Å². The summed E-state index contributed by atoms with van der Waals surface area (Å²) in [6.45, 7) is 3.21. The lowest BCUT2D eigenvalue weighted by Gasteiger charge is -2.21. The molecule has 1 heterocycles. The van der Waals surface area contributed by atoms with Crippen molar-refractivity contribution in [2.45, 2.75) is 32.3 Å². The summed E-state index contributed by atoms with van der Waals surface area (Å²) in [7, 11) is 0. The van der Waals surface area contributed by atoms with Gasteiger partial charge in [-0.15, -0.1) is 0 Å². The molecule has 5 nitrogen and oxygen atoms in total. The van der Waals surface area contributed by atoms with Crippen LogP contribution in [0.2, 0.25) is 0 Å². The van der Waals surface area contributed by atoms with E-state index in [-0.39, 0.29) is 24.3 Å². The second-order valence-corrected chi connectivity index (χ2v) is 6.25. The lowest BCUT2D eigenvalue weighted by atomic mass is 10.2. The van der Waals surface area contributed by atoms with E-state index in [2.05, 4.69) is 21.2 Å². The van der Waals surface area contributed by atoms with Gasteiger partial charge in [0.05, 0.1) is 6.10 Å². The fourth-order valence-corrected chi connectivity index (χ4v) is 2.69. The van der Waals surface area contributed by atoms with Crippen LogP contribution in [0, 0.1) is 0 Å². The van der Waals surface area contributed by atoms with Crippen LogP contribution in [-0.4, -0.2) is 37.6 Å². The van der Waals surface area contributed by atoms with E-state index in [1.807, 2.05) is 24.3 Å². The van der Waals surface area contributed by atoms with Gasteiger partial charge in [0.1, 0.15) is 0 Å². The molecule has 120 valence electrons. The van der Waals surface area contributed by atoms with Crippen molar-refractivity contribution in [3.8, 4) is 0 Å². The van der Waals surface area contributed by atoms with Crippen LogP contribution in [0.25, 0.3) is 0 Å². The highest BCUT2D eigenvalue weighted by Crippen LogP contribution is 2.19. The van der Waals surface area contributed by atoms with Crippen molar-refractivity contribution in [1.29, 1.82) is 0 Å². The molecule has 1 aliphatic rings. The van der Waals surface area contributed by atoms with Crippen molar-refractivity contribution in [2.24, 2.45) is 0 Å². The third-order valence-electron chi connectivity index (χ3n) is 3.63. The van der Waals surface area contributed by atoms with Crippen molar-refractivity contribution in [2.75, 3.05) is 24.6 Å². The van der Waals surface area contributed by atoms with Gasteiger partial charge >= 0.3 is 0 Å². The van der Waals surface area contributed by atoms with Crippen molar-refractivity contribution in [3.05, 3.63) is 28.7 Å². The second-order valence-electron chi connectivity index (χ2n) is 5.34. The Labute approximate surface area is 139 Å². The van der Waals surface area contributed by atoms with Crippen molar-refractivity contribution in [3.63, 3.8) is 0 Å². The van der Waals surface area contributed by atoms with Crippen LogP contribution in [0.5, 0.6) is 0 Å². The molecule has 0 aliphatic carbocycles. The van der Waals surface area contributed by atoms with Crippen molar-refractivity contribution in [1.82, 2.24) is 5.32 Å². The fourth-order valence-electron chi connectivity index (χ4n) is 2.42. The maximum Gasteiger partial charge on any atom is 0.223 e. The fraction of sp³-hybridized carbons (Fsp3) is 0.500. The van der Waals surface area contributed by atoms with E-state index in [1.165, 1.54) is 6.92 Å². The van der Waals surface area contributed by atoms with Crippen LogP contribution < -0.4 is 10.2 Å². The highest BCUT2D eigenvalue weighted by Gasteiger charge is 2.17. The van der Waals surface area contributed by atoms with E-state index < -0.39 is 0 Å². The Kier molecular flexibility index (Phi) is 6.39. The summed E-state index contributed by atoms with van der Waals surface area (Å²) in [6.07, 6.45) is 2.47. The van der Waals surface area contributed by atoms with Gasteiger partial charge < -0.3 is 15.0 Å². The van der Waals surface area contributed by atoms with Crippen molar-refractivity contribution >= 4 is 33.4 Å². The van der Waals surface area contributed by atoms with Crippen LogP contribution in [0.4, 0.5) is 5.69 Å². The first-order valence-electron chi connectivity index (χ1n) is 7.48. The Morgan fingerprint density at radius 1 is 1.36 bits per heavy atom. The van der Waals surface area contributed by atoms with E-state index in [1.54, 1.807) is 4.90 Å². The zero-order valence-corrected chi connectivity index (χ0v) is 14.3. The molecule has 2 amide bonds. The summed E-state index contributed by atoms with van der Waals surface area (Å²) in [6, 6.07) is 7.47. The number of nitrogens with zero attached hydrogens (tertiary/aromatic N) is 1. The summed E-state index contributed by atoms with van der Waals surface area (Å²) >= 11 is 3.37. The zero-order chi connectivity index (χ0) is 15.9. The predicted molar refractivity (Wildman–Crippen MR) is 88.8 cm³/mol. The Bertz CT molecular complexity index is 513. The average molecular weight is 369 g/mol. The molecule has 0 radical (unpaired) electrons. The van der Waals surface area contributed by atoms with Gasteiger partial charge in [-0.05, 0) is 37.1 Å². The number of hydrogen-bond acceptors (Lipinski definition) is 3. The first kappa shape index (κ1) is 17.0. The quantitative estimate of drug-likeness (QED) is 0.838. The van der Waals surface area contributed by atoms with E-state index in [0.29, 0.717) is 13.1 Å². The van der Waals surface area contributed by atoms with Crippen LogP contribution >= 0.6 is 15.9 Å². The Morgan fingerprint density at radius 2 is 2.09 bits per heavy atom. The number of carbonyl (C=O) groups excluding carboxylic acids is 2. The van der Waals surface area contributed by atoms with Gasteiger partial charge in [-0.2, -0.15) is 0 Å². The van der Waals surface area contributed by atoms with Crippen LogP contribution in [0.3, 0.4) is 0 Å². The second kappa shape index (κ2) is 8.29. The minimum Gasteiger partial charge on any atom is -0.376 e. The molecule has 1 N–H and O–H groups in total. The van der Waals surface area contributed by atoms with E-state index in [0.717, 1.165) is 29.6 Å². The van der Waals surface area contributed by atoms with Crippen molar-refractivity contribution < 1.29 is 14.3 Å². The summed E-state index contributed by atoms with van der Waals surface area (Å²) in [5, 5.41) is 2.87. The topological polar surface area (TPSA) is 58.6 Å². The number of amides is 2. The minimum atomic E-state index is -0.0748. The van der Waals surface area contributed by atoms with Gasteiger partial charge in [-0.3, -0.25) is 9.59 Å². The largest absolute Gasteiger partial charge is 0.376 e. The summed E-state index contributed by atoms with van der Waals surface area (Å²) < 4.78 is 6.42. The summed E-state index contributed by atoms with van der Waals surface area (Å²) in [5.41, 5.74) is 0.794. The smallest absolute Gasteiger partial charge is 0.223 e. The van der Waals surface area contributed by atoms with Gasteiger partial charge in [0.25, 0.3) is 0 Å². The summed E-state index contributed by atoms with van der Waals surface area (Å²) in [5.74, 6) is -0.131. The van der Waals surface area contributed by atoms with E-state index in [9.17, 15) is 9.59 Å². The third-order valence-corrected chi connectivity index (χ3v) is 4.16. The molecular weight excluding hydrogens is 348 g/mol. The highest BCUT2D eigenvalue weighted by molar-refractivity contribution is 9.10. The molecule has 1 fully saturated rings. The molecule has 1 aromatic carbocycles. The third kappa shape index (κ3) is 5.10. The molecule has 1 unspecified atom stereocenters. The molecular formula is C16H21BrN2O3. The average Bonchev–Trinajstić information content (AvgIpc) is 3.00. The van der Waals surface area contributed by atoms with Gasteiger partial charge in [-0.25, -0.2) is 0 Å². The summed E-state index contributed by atoms with van der Waals surface area (Å²) in [4.78, 5) is 25.3. The van der Waals surface area contributed by atoms with Gasteiger partial charge in [-0.1, -0.05) is 15.9 Å². The molecule has 2 rings (SSSR count). The van der Waals surface area contributed by atoms with Crippen LogP contribution in [-0.2, 0) is 14.3 Å². The number of benzene rings is 1. The number of anilines is 1. The zero-order valence-electron chi connectivity index (χ0n) is 12.7. The normalized spacial score (nSPS) is 17.3. The molecule has 1 aliphatic heterocycles. The Hall–Kier alpha value is -1.40. The van der Waals surface area contributed by atoms with Gasteiger partial charge in [0.15, 0.2) is 0 Å². The molecule has 1 atom stereocenters. The number of hydrogen-bond donors (Lipinski definition) is 1. The number of ether oxygens (including phenoxy) is 1. The van der Waals surface area contributed by atoms with Crippen LogP contribution in [0.15, 0.2) is 28.7 Å². The number of carbonyl (C=O) groups is 2. The van der Waals surface area contributed by atoms with Gasteiger partial charge in [0.2, 0.25) is 11.8 Å². The van der Waals surface area contributed by atoms with E-state index >= 15 is 0 Å². The monoisotopic (exact) mass is 368 g/mol. The maximum absolute atomic E-state index is 11.9. The van der Waals surface area contributed by atoms with Crippen LogP contribution in [0.1, 0.15) is 26.2 Å². The highest BCUT2D eigenvalue weighted by atomic mass is 79.9. The molecule has 0 aromatic heterocycles. The minimum absolute atomic E-state index is 0.0566. The molecule has 0 bridgehead atoms. The standard InChI is InChI=1S/C16H21BrN2O3/c1-12(20)19(14-6-4-13(17)5-7-14)9-8-16(21)18-11-15-3-2-10-22-15/h4-7,15H,2-3,8-11H2,1H3,(H,18,21). The predicted octanol–water partition coefficient (Wildman–Crippen LogP) is 2.49. The van der Waals surface area contributed by atoms with E-state index in [4.69, 9.17) is 4.74 Å². The lowest BCUT2D eigenvalue weighted by Crippen LogP contribution is -2.36. The number of nitrogens with one attached hydrogen (secondary N) is 1. The first-order chi connectivity index (χ1) is 10.6.